The van der Waals surface area contributed by atoms with Gasteiger partial charge in [-0.3, -0.25) is 0 Å². The number of hydrogen-bond donors (Lipinski definition) is 0. The average molecular weight is 844 g/mol. The number of benzene rings is 8. The van der Waals surface area contributed by atoms with E-state index in [-0.39, 0.29) is 17.7 Å². The van der Waals surface area contributed by atoms with E-state index in [1.807, 2.05) is 0 Å². The minimum atomic E-state index is -1.57. The summed E-state index contributed by atoms with van der Waals surface area (Å²) in [4.78, 5) is 7.95. The highest BCUT2D eigenvalue weighted by atomic mass is 28.3. The molecule has 0 radical (unpaired) electrons. The monoisotopic (exact) mass is 843 g/mol. The van der Waals surface area contributed by atoms with Crippen molar-refractivity contribution in [1.82, 2.24) is 0 Å². The molecule has 3 heterocycles. The van der Waals surface area contributed by atoms with Gasteiger partial charge in [-0.2, -0.15) is 0 Å². The van der Waals surface area contributed by atoms with Crippen LogP contribution in [0.15, 0.2) is 188 Å². The van der Waals surface area contributed by atoms with Crippen molar-refractivity contribution in [3.63, 3.8) is 0 Å². The van der Waals surface area contributed by atoms with Gasteiger partial charge in [0.1, 0.15) is 0 Å². The van der Waals surface area contributed by atoms with Gasteiger partial charge in [0.05, 0.1) is 13.6 Å². The van der Waals surface area contributed by atoms with E-state index in [0.29, 0.717) is 0 Å². The van der Waals surface area contributed by atoms with Crippen LogP contribution in [-0.4, -0.2) is 20.3 Å². The molecule has 312 valence electrons. The Labute approximate surface area is 380 Å². The van der Waals surface area contributed by atoms with Crippen molar-refractivity contribution in [2.75, 3.05) is 14.7 Å². The molecule has 8 aromatic carbocycles. The van der Waals surface area contributed by atoms with Crippen LogP contribution in [0.3, 0.4) is 0 Å². The molecule has 1 fully saturated rings. The van der Waals surface area contributed by atoms with Crippen molar-refractivity contribution in [2.45, 2.75) is 70.1 Å². The smallest absolute Gasteiger partial charge is 0.252 e. The second kappa shape index (κ2) is 14.5. The number of hydrogen-bond acceptors (Lipinski definition) is 3. The minimum Gasteiger partial charge on any atom is -0.334 e. The maximum Gasteiger partial charge on any atom is 0.252 e. The van der Waals surface area contributed by atoms with Crippen molar-refractivity contribution in [2.24, 2.45) is 0 Å². The molecule has 2 atom stereocenters. The summed E-state index contributed by atoms with van der Waals surface area (Å²) in [6.07, 6.45) is 4.84. The molecule has 0 aromatic heterocycles. The van der Waals surface area contributed by atoms with Gasteiger partial charge in [-0.05, 0) is 119 Å². The zero-order chi connectivity index (χ0) is 43.4. The largest absolute Gasteiger partial charge is 0.334 e. The minimum absolute atomic E-state index is 0.0189. The molecule has 2 unspecified atom stereocenters. The van der Waals surface area contributed by atoms with E-state index in [1.54, 1.807) is 5.19 Å². The Hall–Kier alpha value is -6.56. The molecular formula is C59H54BN3Si. The summed E-state index contributed by atoms with van der Waals surface area (Å²) in [5.41, 5.74) is 20.3. The molecule has 4 aliphatic rings. The van der Waals surface area contributed by atoms with Crippen molar-refractivity contribution >= 4 is 81.9 Å². The van der Waals surface area contributed by atoms with Crippen molar-refractivity contribution in [1.29, 1.82) is 0 Å². The molecule has 1 saturated carbocycles. The number of nitrogens with zero attached hydrogens (tertiary/aromatic N) is 3. The van der Waals surface area contributed by atoms with Crippen LogP contribution >= 0.6 is 0 Å². The molecule has 0 N–H and O–H groups in total. The fourth-order valence-electron chi connectivity index (χ4n) is 12.0. The SMILES string of the molecule is CC12CCCCC1(C)N(c1cc3c4c(c1)N(c1ccc(-c5ccccc5)cc1)c1ccc(-c5ccccc5)cc1B4c1ccccc1N3c1ccccc1)c1ccc([Si](C)(C)C)cc12. The molecule has 3 aliphatic heterocycles. The standard InChI is InChI=1S/C59H54BN3Si/c1-58-35-17-18-36-59(58,2)63(52-34-32-48(40-49(52)58)64(3,4)5)47-38-55-57-56(39-47)62(46-30-27-43(28-31-46)41-19-9-6-10-20-41)54-33-29-44(42-21-11-7-12-22-42)37-51(54)60(57)50-25-15-16-26-53(50)61(55)45-23-13-8-14-24-45/h6-16,19-34,37-40H,17-18,35-36H2,1-5H3. The number of rotatable bonds is 6. The number of para-hydroxylation sites is 2. The summed E-state index contributed by atoms with van der Waals surface area (Å²) in [6, 6.07) is 71.1. The summed E-state index contributed by atoms with van der Waals surface area (Å²) in [6.45, 7) is 12.7. The molecule has 0 bridgehead atoms. The number of anilines is 8. The van der Waals surface area contributed by atoms with Crippen LogP contribution in [-0.2, 0) is 5.41 Å². The summed E-state index contributed by atoms with van der Waals surface area (Å²) in [5, 5.41) is 1.55. The van der Waals surface area contributed by atoms with Gasteiger partial charge < -0.3 is 14.7 Å². The van der Waals surface area contributed by atoms with E-state index >= 15 is 0 Å². The fourth-order valence-corrected chi connectivity index (χ4v) is 13.2. The Balaban J connectivity index is 1.16. The fraction of sp³-hybridized carbons (Fsp3) is 0.186. The Bertz CT molecular complexity index is 3090. The topological polar surface area (TPSA) is 9.72 Å². The highest BCUT2D eigenvalue weighted by Gasteiger charge is 2.58. The van der Waals surface area contributed by atoms with Gasteiger partial charge in [0.2, 0.25) is 0 Å². The molecule has 0 spiro atoms. The van der Waals surface area contributed by atoms with Gasteiger partial charge in [-0.25, -0.2) is 0 Å². The second-order valence-corrected chi connectivity index (χ2v) is 25.2. The molecule has 0 amide bonds. The first-order chi connectivity index (χ1) is 31.1. The summed E-state index contributed by atoms with van der Waals surface area (Å²) < 4.78 is 0. The van der Waals surface area contributed by atoms with Gasteiger partial charge in [-0.1, -0.05) is 178 Å². The van der Waals surface area contributed by atoms with Crippen LogP contribution in [0.2, 0.25) is 19.6 Å². The van der Waals surface area contributed by atoms with E-state index in [1.165, 1.54) is 103 Å². The molecule has 5 heteroatoms. The van der Waals surface area contributed by atoms with Crippen molar-refractivity contribution < 1.29 is 0 Å². The van der Waals surface area contributed by atoms with E-state index in [9.17, 15) is 0 Å². The molecule has 64 heavy (non-hydrogen) atoms. The lowest BCUT2D eigenvalue weighted by molar-refractivity contribution is 0.195. The lowest BCUT2D eigenvalue weighted by atomic mass is 9.33. The van der Waals surface area contributed by atoms with Crippen LogP contribution in [0, 0.1) is 0 Å². The Morgan fingerprint density at radius 3 is 1.64 bits per heavy atom. The maximum atomic E-state index is 2.80. The van der Waals surface area contributed by atoms with Gasteiger partial charge >= 0.3 is 0 Å². The van der Waals surface area contributed by atoms with Crippen molar-refractivity contribution in [3.05, 3.63) is 194 Å². The summed E-state index contributed by atoms with van der Waals surface area (Å²) >= 11 is 0. The first-order valence-corrected chi connectivity index (χ1v) is 26.8. The summed E-state index contributed by atoms with van der Waals surface area (Å²) in [7, 11) is -1.57. The molecule has 8 aromatic rings. The highest BCUT2D eigenvalue weighted by Crippen LogP contribution is 2.61. The van der Waals surface area contributed by atoms with E-state index in [2.05, 4.69) is 236 Å². The van der Waals surface area contributed by atoms with Gasteiger partial charge in [-0.15, -0.1) is 0 Å². The van der Waals surface area contributed by atoms with Gasteiger partial charge in [0.25, 0.3) is 6.71 Å². The highest BCUT2D eigenvalue weighted by molar-refractivity contribution is 7.00. The van der Waals surface area contributed by atoms with Crippen LogP contribution in [0.4, 0.5) is 45.5 Å². The average Bonchev–Trinajstić information content (AvgIpc) is 3.54. The molecular weight excluding hydrogens is 790 g/mol. The zero-order valence-corrected chi connectivity index (χ0v) is 38.6. The quantitative estimate of drug-likeness (QED) is 0.154. The number of fused-ring (bicyclic) bond motifs is 7. The molecule has 3 nitrogen and oxygen atoms in total. The normalized spacial score (nSPS) is 19.4. The van der Waals surface area contributed by atoms with Crippen LogP contribution < -0.4 is 36.3 Å². The third kappa shape index (κ3) is 5.79. The molecule has 0 saturated heterocycles. The molecule has 1 aliphatic carbocycles. The van der Waals surface area contributed by atoms with Crippen LogP contribution in [0.5, 0.6) is 0 Å². The van der Waals surface area contributed by atoms with Gasteiger partial charge in [0, 0.05) is 50.9 Å². The maximum absolute atomic E-state index is 2.80. The van der Waals surface area contributed by atoms with E-state index in [4.69, 9.17) is 0 Å². The predicted octanol–water partition coefficient (Wildman–Crippen LogP) is 13.4. The first kappa shape index (κ1) is 39.1. The van der Waals surface area contributed by atoms with Crippen molar-refractivity contribution in [3.8, 4) is 22.3 Å². The van der Waals surface area contributed by atoms with Crippen LogP contribution in [0.25, 0.3) is 22.3 Å². The third-order valence-corrected chi connectivity index (χ3v) is 17.6. The second-order valence-electron chi connectivity index (χ2n) is 20.1. The van der Waals surface area contributed by atoms with E-state index < -0.39 is 8.07 Å². The summed E-state index contributed by atoms with van der Waals surface area (Å²) in [5.74, 6) is 0. The van der Waals surface area contributed by atoms with E-state index in [0.717, 1.165) is 12.1 Å². The Morgan fingerprint density at radius 2 is 0.969 bits per heavy atom. The lowest BCUT2D eigenvalue weighted by Crippen LogP contribution is -2.61. The predicted molar refractivity (Wildman–Crippen MR) is 277 cm³/mol. The van der Waals surface area contributed by atoms with Gasteiger partial charge in [0.15, 0.2) is 0 Å². The first-order valence-electron chi connectivity index (χ1n) is 23.3. The molecule has 12 rings (SSSR count). The Morgan fingerprint density at radius 1 is 0.438 bits per heavy atom. The Kier molecular flexibility index (Phi) is 8.84. The zero-order valence-electron chi connectivity index (χ0n) is 37.6. The lowest BCUT2D eigenvalue weighted by Gasteiger charge is -2.51. The third-order valence-electron chi connectivity index (χ3n) is 15.5. The van der Waals surface area contributed by atoms with Crippen LogP contribution in [0.1, 0.15) is 45.1 Å².